The van der Waals surface area contributed by atoms with Gasteiger partial charge >= 0.3 is 75.5 Å². The zero-order chi connectivity index (χ0) is 8.55. The summed E-state index contributed by atoms with van der Waals surface area (Å²) in [5, 5.41) is 0. The van der Waals surface area contributed by atoms with Crippen LogP contribution in [0.5, 0.6) is 5.75 Å². The van der Waals surface area contributed by atoms with Gasteiger partial charge in [0, 0.05) is 0 Å². The molecule has 0 aliphatic rings. The molecule has 0 aliphatic carbocycles. The number of nitrogens with two attached hydrogens (primary N) is 1. The third kappa shape index (κ3) is 1.19. The zero-order valence-electron chi connectivity index (χ0n) is 6.57. The second kappa shape index (κ2) is 2.81. The van der Waals surface area contributed by atoms with E-state index < -0.39 is 0 Å². The number of nitrogen functional groups attached to an aromatic ring is 1. The van der Waals surface area contributed by atoms with Crippen molar-refractivity contribution < 1.29 is 4.74 Å². The number of anilines is 1. The number of benzene rings is 1. The Hall–Kier alpha value is -0.991. The molecule has 0 radical (unpaired) electrons. The molecule has 0 aliphatic heterocycles. The SMILES string of the molecule is COc1ccc2nc(N)[se]c2c1. The minimum atomic E-state index is 0.198. The third-order valence-electron chi connectivity index (χ3n) is 1.61. The summed E-state index contributed by atoms with van der Waals surface area (Å²) in [6, 6.07) is 5.84. The van der Waals surface area contributed by atoms with Crippen molar-refractivity contribution in [2.45, 2.75) is 0 Å². The van der Waals surface area contributed by atoms with Crippen molar-refractivity contribution in [2.24, 2.45) is 0 Å². The average Bonchev–Trinajstić information content (AvgIpc) is 2.43. The number of nitrogens with zero attached hydrogens (tertiary/aromatic N) is 1. The molecule has 62 valence electrons. The van der Waals surface area contributed by atoms with Gasteiger partial charge in [-0.25, -0.2) is 0 Å². The first-order valence-corrected chi connectivity index (χ1v) is 5.21. The Morgan fingerprint density at radius 3 is 3.08 bits per heavy atom. The van der Waals surface area contributed by atoms with E-state index >= 15 is 0 Å². The van der Waals surface area contributed by atoms with Crippen LogP contribution >= 0.6 is 0 Å². The second-order valence-corrected chi connectivity index (χ2v) is 4.61. The monoisotopic (exact) mass is 228 g/mol. The first-order valence-electron chi connectivity index (χ1n) is 3.49. The van der Waals surface area contributed by atoms with Crippen LogP contribution in [-0.2, 0) is 0 Å². The van der Waals surface area contributed by atoms with Crippen molar-refractivity contribution in [2.75, 3.05) is 12.8 Å². The topological polar surface area (TPSA) is 48.1 Å². The number of hydrogen-bond donors (Lipinski definition) is 1. The average molecular weight is 227 g/mol. The van der Waals surface area contributed by atoms with E-state index in [-0.39, 0.29) is 14.5 Å². The van der Waals surface area contributed by atoms with Crippen LogP contribution in [-0.4, -0.2) is 26.6 Å². The van der Waals surface area contributed by atoms with Crippen molar-refractivity contribution in [3.8, 4) is 5.75 Å². The summed E-state index contributed by atoms with van der Waals surface area (Å²) < 4.78 is 7.04. The number of rotatable bonds is 1. The number of aromatic nitrogens is 1. The van der Waals surface area contributed by atoms with Gasteiger partial charge in [-0.1, -0.05) is 0 Å². The maximum absolute atomic E-state index is 5.61. The van der Waals surface area contributed by atoms with E-state index in [9.17, 15) is 0 Å². The number of fused-ring (bicyclic) bond motifs is 1. The molecule has 0 spiro atoms. The molecule has 1 aromatic carbocycles. The molecule has 0 saturated heterocycles. The van der Waals surface area contributed by atoms with E-state index in [0.29, 0.717) is 0 Å². The van der Waals surface area contributed by atoms with Gasteiger partial charge in [0.1, 0.15) is 0 Å². The normalized spacial score (nSPS) is 10.4. The van der Waals surface area contributed by atoms with Gasteiger partial charge < -0.3 is 0 Å². The summed E-state index contributed by atoms with van der Waals surface area (Å²) in [6.45, 7) is 0. The van der Waals surface area contributed by atoms with Crippen LogP contribution < -0.4 is 10.5 Å². The molecule has 0 atom stereocenters. The molecule has 0 fully saturated rings. The molecule has 0 unspecified atom stereocenters. The van der Waals surface area contributed by atoms with E-state index in [0.717, 1.165) is 16.0 Å². The zero-order valence-corrected chi connectivity index (χ0v) is 8.29. The van der Waals surface area contributed by atoms with E-state index in [2.05, 4.69) is 4.98 Å². The molecular formula is C8H8N2OSe. The fourth-order valence-electron chi connectivity index (χ4n) is 1.05. The summed E-state index contributed by atoms with van der Waals surface area (Å²) in [5.74, 6) is 0.875. The maximum atomic E-state index is 5.61. The Morgan fingerprint density at radius 1 is 1.50 bits per heavy atom. The molecule has 4 heteroatoms. The fourth-order valence-corrected chi connectivity index (χ4v) is 2.65. The molecule has 12 heavy (non-hydrogen) atoms. The summed E-state index contributed by atoms with van der Waals surface area (Å²) in [7, 11) is 1.66. The first-order chi connectivity index (χ1) is 5.79. The summed E-state index contributed by atoms with van der Waals surface area (Å²) in [6.07, 6.45) is 0. The van der Waals surface area contributed by atoms with Crippen molar-refractivity contribution in [3.05, 3.63) is 18.2 Å². The third-order valence-corrected chi connectivity index (χ3v) is 3.39. The standard InChI is InChI=1S/C8H8N2OSe/c1-11-5-2-3-6-7(4-5)12-8(9)10-6/h2-4H,1H3,(H2,9,10). The van der Waals surface area contributed by atoms with Gasteiger partial charge in [0.15, 0.2) is 0 Å². The molecule has 2 N–H and O–H groups in total. The van der Waals surface area contributed by atoms with Gasteiger partial charge in [0.25, 0.3) is 0 Å². The summed E-state index contributed by atoms with van der Waals surface area (Å²) >= 11 is 0.198. The van der Waals surface area contributed by atoms with Gasteiger partial charge in [0.2, 0.25) is 0 Å². The molecule has 0 bridgehead atoms. The predicted octanol–water partition coefficient (Wildman–Crippen LogP) is 0.883. The van der Waals surface area contributed by atoms with Crippen LogP contribution in [0.3, 0.4) is 0 Å². The van der Waals surface area contributed by atoms with Crippen LogP contribution in [0.15, 0.2) is 18.2 Å². The Bertz CT molecular complexity index is 410. The summed E-state index contributed by atoms with van der Waals surface area (Å²) in [5.41, 5.74) is 6.61. The number of ether oxygens (including phenoxy) is 1. The van der Waals surface area contributed by atoms with Crippen LogP contribution in [0.25, 0.3) is 9.78 Å². The van der Waals surface area contributed by atoms with Crippen LogP contribution in [0.4, 0.5) is 4.69 Å². The van der Waals surface area contributed by atoms with Gasteiger partial charge in [-0.05, 0) is 0 Å². The number of methoxy groups -OCH3 is 1. The Morgan fingerprint density at radius 2 is 2.33 bits per heavy atom. The van der Waals surface area contributed by atoms with Crippen molar-refractivity contribution in [1.82, 2.24) is 4.98 Å². The minimum absolute atomic E-state index is 0.198. The molecule has 3 nitrogen and oxygen atoms in total. The molecule has 1 aromatic heterocycles. The molecular weight excluding hydrogens is 219 g/mol. The predicted molar refractivity (Wildman–Crippen MR) is 49.6 cm³/mol. The summed E-state index contributed by atoms with van der Waals surface area (Å²) in [4.78, 5) is 4.19. The Labute approximate surface area is 75.9 Å². The van der Waals surface area contributed by atoms with E-state index in [4.69, 9.17) is 10.5 Å². The van der Waals surface area contributed by atoms with Gasteiger partial charge in [0.05, 0.1) is 0 Å². The van der Waals surface area contributed by atoms with Gasteiger partial charge in [-0.2, -0.15) is 0 Å². The molecule has 2 rings (SSSR count). The van der Waals surface area contributed by atoms with E-state index in [1.165, 1.54) is 4.26 Å². The second-order valence-electron chi connectivity index (χ2n) is 2.39. The Balaban J connectivity index is 2.66. The molecule has 0 saturated carbocycles. The Kier molecular flexibility index (Phi) is 1.79. The quantitative estimate of drug-likeness (QED) is 0.736. The first kappa shape index (κ1) is 7.65. The van der Waals surface area contributed by atoms with Crippen LogP contribution in [0.1, 0.15) is 0 Å². The van der Waals surface area contributed by atoms with Crippen LogP contribution in [0, 0.1) is 0 Å². The van der Waals surface area contributed by atoms with Crippen LogP contribution in [0.2, 0.25) is 0 Å². The molecule has 2 aromatic rings. The van der Waals surface area contributed by atoms with Gasteiger partial charge in [-0.15, -0.1) is 0 Å². The molecule has 1 heterocycles. The van der Waals surface area contributed by atoms with Gasteiger partial charge in [-0.3, -0.25) is 0 Å². The van der Waals surface area contributed by atoms with Crippen molar-refractivity contribution in [1.29, 1.82) is 0 Å². The number of hydrogen-bond acceptors (Lipinski definition) is 3. The van der Waals surface area contributed by atoms with E-state index in [1.54, 1.807) is 7.11 Å². The van der Waals surface area contributed by atoms with Crippen molar-refractivity contribution in [3.63, 3.8) is 0 Å². The van der Waals surface area contributed by atoms with E-state index in [1.807, 2.05) is 18.2 Å². The molecule has 0 amide bonds. The fraction of sp³-hybridized carbons (Fsp3) is 0.125. The van der Waals surface area contributed by atoms with Crippen molar-refractivity contribution >= 4 is 29.0 Å².